The number of ketones is 2. The number of hydrogen-bond acceptors (Lipinski definition) is 5. The highest BCUT2D eigenvalue weighted by Crippen LogP contribution is 2.67. The van der Waals surface area contributed by atoms with Crippen LogP contribution in [0.2, 0.25) is 0 Å². The molecule has 6 heteroatoms. The summed E-state index contributed by atoms with van der Waals surface area (Å²) in [5.74, 6) is 2.13. The molecule has 0 aromatic heterocycles. The number of carbonyl (C=O) groups excluding carboxylic acids is 2. The molecule has 2 N–H and O–H groups in total. The van der Waals surface area contributed by atoms with E-state index in [2.05, 4.69) is 19.2 Å². The third kappa shape index (κ3) is 2.81. The molecular weight excluding hydrogens is 398 g/mol. The number of carboxylic acids is 1. The van der Waals surface area contributed by atoms with Crippen LogP contribution < -0.4 is 5.32 Å². The predicted octanol–water partition coefficient (Wildman–Crippen LogP) is 3.90. The van der Waals surface area contributed by atoms with Gasteiger partial charge in [0.05, 0.1) is 4.87 Å². The number of carbonyl (C=O) groups is 3. The van der Waals surface area contributed by atoms with E-state index in [-0.39, 0.29) is 33.3 Å². The van der Waals surface area contributed by atoms with Gasteiger partial charge in [0.25, 0.3) is 0 Å². The van der Waals surface area contributed by atoms with Crippen molar-refractivity contribution in [1.29, 1.82) is 0 Å². The molecule has 166 valence electrons. The van der Waals surface area contributed by atoms with Crippen molar-refractivity contribution in [2.24, 2.45) is 40.4 Å². The summed E-state index contributed by atoms with van der Waals surface area (Å²) >= 11 is 1.79. The molecule has 0 bridgehead atoms. The summed E-state index contributed by atoms with van der Waals surface area (Å²) in [7, 11) is 0. The zero-order valence-electron chi connectivity index (χ0n) is 18.4. The first-order valence-corrected chi connectivity index (χ1v) is 12.8. The summed E-state index contributed by atoms with van der Waals surface area (Å²) in [6.07, 6.45) is 7.76. The van der Waals surface area contributed by atoms with Crippen molar-refractivity contribution in [3.05, 3.63) is 0 Å². The fourth-order valence-corrected chi connectivity index (χ4v) is 10.3. The molecule has 5 aliphatic rings. The standard InChI is InChI=1S/C24H35NO4S/c1-13(26)16-6-7-17-15-5-4-14-10-24(25-18(12-30-24)21(28)29)9-8-22(14,2)20(15)19(27)11-23(16,17)3/h14-18,20,25H,4-12H2,1-3H3,(H,28,29). The van der Waals surface area contributed by atoms with Crippen molar-refractivity contribution in [2.75, 3.05) is 5.75 Å². The summed E-state index contributed by atoms with van der Waals surface area (Å²) in [5.41, 5.74) is -0.120. The van der Waals surface area contributed by atoms with E-state index in [1.54, 1.807) is 18.7 Å². The van der Waals surface area contributed by atoms with E-state index in [1.165, 1.54) is 0 Å². The second-order valence-corrected chi connectivity index (χ2v) is 12.9. The smallest absolute Gasteiger partial charge is 0.321 e. The van der Waals surface area contributed by atoms with Gasteiger partial charge in [-0.3, -0.25) is 19.7 Å². The minimum absolute atomic E-state index is 0.0183. The number of hydrogen-bond donors (Lipinski definition) is 2. The number of nitrogens with one attached hydrogen (secondary N) is 1. The van der Waals surface area contributed by atoms with Crippen LogP contribution in [0.1, 0.15) is 72.1 Å². The van der Waals surface area contributed by atoms with Crippen LogP contribution in [-0.4, -0.2) is 39.3 Å². The van der Waals surface area contributed by atoms with Gasteiger partial charge in [-0.15, -0.1) is 11.8 Å². The normalized spacial score (nSPS) is 52.6. The van der Waals surface area contributed by atoms with E-state index in [0.29, 0.717) is 35.7 Å². The Morgan fingerprint density at radius 1 is 1.10 bits per heavy atom. The first kappa shape index (κ1) is 21.0. The first-order chi connectivity index (χ1) is 14.1. The molecular formula is C24H35NO4S. The lowest BCUT2D eigenvalue weighted by Gasteiger charge is -2.61. The molecule has 4 saturated carbocycles. The van der Waals surface area contributed by atoms with Gasteiger partial charge in [0.2, 0.25) is 0 Å². The Kier molecular flexibility index (Phi) is 4.76. The van der Waals surface area contributed by atoms with Crippen LogP contribution in [0.5, 0.6) is 0 Å². The zero-order chi connectivity index (χ0) is 21.5. The van der Waals surface area contributed by atoms with Crippen LogP contribution in [0.25, 0.3) is 0 Å². The van der Waals surface area contributed by atoms with E-state index >= 15 is 0 Å². The molecule has 4 aliphatic carbocycles. The highest BCUT2D eigenvalue weighted by molar-refractivity contribution is 8.01. The Labute approximate surface area is 183 Å². The number of Topliss-reactive ketones (excluding diaryl/α,β-unsaturated/α-hetero) is 2. The number of rotatable bonds is 2. The van der Waals surface area contributed by atoms with Gasteiger partial charge in [-0.25, -0.2) is 0 Å². The number of thioether (sulfide) groups is 1. The third-order valence-corrected chi connectivity index (χ3v) is 11.7. The van der Waals surface area contributed by atoms with Gasteiger partial charge in [-0.2, -0.15) is 0 Å². The van der Waals surface area contributed by atoms with Crippen LogP contribution in [0.3, 0.4) is 0 Å². The summed E-state index contributed by atoms with van der Waals surface area (Å²) in [5, 5.41) is 12.9. The van der Waals surface area contributed by atoms with Crippen molar-refractivity contribution in [2.45, 2.75) is 83.1 Å². The molecule has 1 spiro atoms. The van der Waals surface area contributed by atoms with Crippen molar-refractivity contribution in [3.8, 4) is 0 Å². The number of aliphatic carboxylic acids is 1. The third-order valence-electron chi connectivity index (χ3n) is 10.1. The van der Waals surface area contributed by atoms with Crippen LogP contribution >= 0.6 is 11.8 Å². The molecule has 1 aliphatic heterocycles. The lowest BCUT2D eigenvalue weighted by Crippen LogP contribution is -2.60. The second kappa shape index (κ2) is 6.81. The van der Waals surface area contributed by atoms with Gasteiger partial charge in [0, 0.05) is 24.0 Å². The molecule has 9 unspecified atom stereocenters. The molecule has 5 nitrogen and oxygen atoms in total. The van der Waals surface area contributed by atoms with Crippen molar-refractivity contribution < 1.29 is 19.5 Å². The highest BCUT2D eigenvalue weighted by atomic mass is 32.2. The lowest BCUT2D eigenvalue weighted by molar-refractivity contribution is -0.159. The van der Waals surface area contributed by atoms with E-state index in [0.717, 1.165) is 44.9 Å². The van der Waals surface area contributed by atoms with Crippen molar-refractivity contribution >= 4 is 29.3 Å². The molecule has 5 fully saturated rings. The fourth-order valence-electron chi connectivity index (χ4n) is 8.75. The molecule has 0 aromatic carbocycles. The predicted molar refractivity (Wildman–Crippen MR) is 116 cm³/mol. The number of fused-ring (bicyclic) bond motifs is 5. The van der Waals surface area contributed by atoms with Crippen molar-refractivity contribution in [1.82, 2.24) is 5.32 Å². The van der Waals surface area contributed by atoms with E-state index in [4.69, 9.17) is 0 Å². The van der Waals surface area contributed by atoms with Gasteiger partial charge in [-0.05, 0) is 80.5 Å². The van der Waals surface area contributed by atoms with Gasteiger partial charge in [0.15, 0.2) is 0 Å². The van der Waals surface area contributed by atoms with Gasteiger partial charge in [0.1, 0.15) is 17.6 Å². The lowest BCUT2D eigenvalue weighted by atomic mass is 9.44. The van der Waals surface area contributed by atoms with E-state index in [1.807, 2.05) is 0 Å². The van der Waals surface area contributed by atoms with Crippen LogP contribution in [0.15, 0.2) is 0 Å². The number of carboxylic acid groups (broad SMARTS) is 1. The topological polar surface area (TPSA) is 83.5 Å². The molecule has 9 atom stereocenters. The summed E-state index contributed by atoms with van der Waals surface area (Å²) in [6, 6.07) is -0.449. The fraction of sp³-hybridized carbons (Fsp3) is 0.875. The maximum atomic E-state index is 13.6. The van der Waals surface area contributed by atoms with Gasteiger partial charge in [-0.1, -0.05) is 13.8 Å². The molecule has 30 heavy (non-hydrogen) atoms. The Bertz CT molecular complexity index is 800. The first-order valence-electron chi connectivity index (χ1n) is 11.8. The monoisotopic (exact) mass is 433 g/mol. The average molecular weight is 434 g/mol. The Morgan fingerprint density at radius 2 is 1.87 bits per heavy atom. The summed E-state index contributed by atoms with van der Waals surface area (Å²) < 4.78 is 0. The summed E-state index contributed by atoms with van der Waals surface area (Å²) in [4.78, 5) is 37.3. The Morgan fingerprint density at radius 3 is 2.53 bits per heavy atom. The maximum Gasteiger partial charge on any atom is 0.321 e. The molecule has 0 amide bonds. The summed E-state index contributed by atoms with van der Waals surface area (Å²) in [6.45, 7) is 6.29. The SMILES string of the molecule is CC(=O)C1CCC2C3CCC4CC5(CCC4(C)C3C(=O)CC12C)NC(C(=O)O)CS5. The minimum atomic E-state index is -0.751. The molecule has 1 heterocycles. The Balaban J connectivity index is 1.40. The van der Waals surface area contributed by atoms with Gasteiger partial charge >= 0.3 is 5.97 Å². The van der Waals surface area contributed by atoms with Crippen LogP contribution in [0, 0.1) is 40.4 Å². The molecule has 0 radical (unpaired) electrons. The molecule has 1 saturated heterocycles. The quantitative estimate of drug-likeness (QED) is 0.687. The minimum Gasteiger partial charge on any atom is -0.480 e. The largest absolute Gasteiger partial charge is 0.480 e. The van der Waals surface area contributed by atoms with Gasteiger partial charge < -0.3 is 5.11 Å². The van der Waals surface area contributed by atoms with E-state index in [9.17, 15) is 19.5 Å². The highest BCUT2D eigenvalue weighted by Gasteiger charge is 2.65. The van der Waals surface area contributed by atoms with E-state index < -0.39 is 12.0 Å². The van der Waals surface area contributed by atoms with Crippen LogP contribution in [-0.2, 0) is 14.4 Å². The Hall–Kier alpha value is -0.880. The molecule has 0 aromatic rings. The average Bonchev–Trinajstić information content (AvgIpc) is 3.23. The maximum absolute atomic E-state index is 13.6. The van der Waals surface area contributed by atoms with Crippen LogP contribution in [0.4, 0.5) is 0 Å². The zero-order valence-corrected chi connectivity index (χ0v) is 19.2. The van der Waals surface area contributed by atoms with Crippen molar-refractivity contribution in [3.63, 3.8) is 0 Å². The molecule has 5 rings (SSSR count). The second-order valence-electron chi connectivity index (χ2n) is 11.5.